The minimum Gasteiger partial charge on any atom is -1.00 e. The van der Waals surface area contributed by atoms with Gasteiger partial charge in [-0.3, -0.25) is 0 Å². The monoisotopic (exact) mass is 579 g/mol. The number of allylic oxidation sites excluding steroid dienone is 7. The zero-order valence-corrected chi connectivity index (χ0v) is 24.6. The molecule has 37 heavy (non-hydrogen) atoms. The summed E-state index contributed by atoms with van der Waals surface area (Å²) in [4.78, 5) is 4.73. The normalized spacial score (nSPS) is 23.8. The van der Waals surface area contributed by atoms with Gasteiger partial charge in [-0.05, 0) is 59.7 Å². The summed E-state index contributed by atoms with van der Waals surface area (Å²) in [6.07, 6.45) is 12.4. The van der Waals surface area contributed by atoms with E-state index in [0.29, 0.717) is 6.04 Å². The van der Waals surface area contributed by atoms with Gasteiger partial charge >= 0.3 is 0 Å². The summed E-state index contributed by atoms with van der Waals surface area (Å²) in [5, 5.41) is 0.927. The highest BCUT2D eigenvalue weighted by Gasteiger charge is 2.41. The topological polar surface area (TPSA) is 6.48 Å². The van der Waals surface area contributed by atoms with E-state index in [2.05, 4.69) is 124 Å². The Hall–Kier alpha value is -2.23. The van der Waals surface area contributed by atoms with Crippen molar-refractivity contribution < 1.29 is 17.0 Å². The van der Waals surface area contributed by atoms with Gasteiger partial charge < -0.3 is 26.8 Å². The van der Waals surface area contributed by atoms with Gasteiger partial charge in [-0.1, -0.05) is 101 Å². The molecule has 0 aromatic heterocycles. The molecular weight excluding hydrogens is 540 g/mol. The molecular formula is C33H41BrClN2-. The largest absolute Gasteiger partial charge is 1.00 e. The van der Waals surface area contributed by atoms with Crippen LogP contribution in [0.25, 0.3) is 0 Å². The predicted octanol–water partition coefficient (Wildman–Crippen LogP) is 5.89. The quantitative estimate of drug-likeness (QED) is 0.447. The van der Waals surface area contributed by atoms with Crippen molar-refractivity contribution in [1.82, 2.24) is 0 Å². The van der Waals surface area contributed by atoms with Crippen LogP contribution in [0.15, 0.2) is 94.7 Å². The predicted molar refractivity (Wildman–Crippen MR) is 158 cm³/mol. The lowest BCUT2D eigenvalue weighted by molar-refractivity contribution is -0.00000779. The summed E-state index contributed by atoms with van der Waals surface area (Å²) in [6, 6.07) is 17.8. The first-order valence-corrected chi connectivity index (χ1v) is 13.2. The number of anilines is 2. The zero-order chi connectivity index (χ0) is 25.0. The molecule has 0 radical (unpaired) electrons. The number of benzene rings is 2. The Morgan fingerprint density at radius 3 is 2.14 bits per heavy atom. The number of hydrogen-bond acceptors (Lipinski definition) is 2. The second-order valence-corrected chi connectivity index (χ2v) is 11.7. The van der Waals surface area contributed by atoms with Gasteiger partial charge in [0.25, 0.3) is 0 Å². The third-order valence-electron chi connectivity index (χ3n) is 8.45. The maximum absolute atomic E-state index is 7.02. The molecule has 2 aromatic carbocycles. The highest BCUT2D eigenvalue weighted by atomic mass is 79.9. The third kappa shape index (κ3) is 4.86. The van der Waals surface area contributed by atoms with Gasteiger partial charge in [-0.2, -0.15) is 0 Å². The molecule has 5 rings (SSSR count). The fourth-order valence-electron chi connectivity index (χ4n) is 6.39. The molecule has 0 saturated heterocycles. The van der Waals surface area contributed by atoms with Crippen molar-refractivity contribution >= 4 is 23.0 Å². The first kappa shape index (κ1) is 29.3. The molecule has 0 bridgehead atoms. The molecule has 3 aliphatic rings. The molecule has 198 valence electrons. The Labute approximate surface area is 240 Å². The van der Waals surface area contributed by atoms with E-state index in [1.807, 2.05) is 0 Å². The minimum atomic E-state index is -0.0242. The van der Waals surface area contributed by atoms with Crippen LogP contribution < -0.4 is 26.8 Å². The van der Waals surface area contributed by atoms with Crippen molar-refractivity contribution in [3.63, 3.8) is 0 Å². The van der Waals surface area contributed by atoms with Gasteiger partial charge in [0.1, 0.15) is 0 Å². The van der Waals surface area contributed by atoms with Gasteiger partial charge in [-0.25, -0.2) is 0 Å². The van der Waals surface area contributed by atoms with Crippen LogP contribution in [0.3, 0.4) is 0 Å². The van der Waals surface area contributed by atoms with E-state index in [1.54, 1.807) is 0 Å². The molecule has 2 aromatic rings. The van der Waals surface area contributed by atoms with Crippen molar-refractivity contribution in [2.75, 3.05) is 23.9 Å². The van der Waals surface area contributed by atoms with Crippen molar-refractivity contribution in [1.29, 1.82) is 0 Å². The van der Waals surface area contributed by atoms with E-state index in [-0.39, 0.29) is 35.2 Å². The molecule has 4 heteroatoms. The number of rotatable bonds is 3. The Kier molecular flexibility index (Phi) is 8.61. The Bertz CT molecular complexity index is 1280. The maximum atomic E-state index is 7.02. The molecule has 0 fully saturated rings. The van der Waals surface area contributed by atoms with Crippen LogP contribution in [-0.4, -0.2) is 20.1 Å². The second kappa shape index (κ2) is 10.9. The summed E-state index contributed by atoms with van der Waals surface area (Å²) in [7, 11) is 4.37. The number of likely N-dealkylation sites (N-methyl/N-ethyl adjacent to an activating group) is 2. The molecule has 1 unspecified atom stereocenters. The summed E-state index contributed by atoms with van der Waals surface area (Å²) in [5.41, 5.74) is 9.25. The lowest BCUT2D eigenvalue weighted by Crippen LogP contribution is -3.00. The molecule has 1 aliphatic carbocycles. The van der Waals surface area contributed by atoms with E-state index < -0.39 is 0 Å². The fraction of sp³-hybridized carbons (Fsp3) is 0.394. The molecule has 2 heterocycles. The van der Waals surface area contributed by atoms with Crippen LogP contribution in [0.4, 0.5) is 11.4 Å². The SMILES string of the molecule is C.CN1C(=CC=C2CCCC(C=CC3N(C)c4ccccc4C3(C)C)=C2Cl)C(C)(C)c2ccccc21.[Br-]. The van der Waals surface area contributed by atoms with Crippen molar-refractivity contribution in [3.05, 3.63) is 106 Å². The van der Waals surface area contributed by atoms with Crippen molar-refractivity contribution in [2.45, 2.75) is 71.3 Å². The molecule has 2 nitrogen and oxygen atoms in total. The first-order valence-electron chi connectivity index (χ1n) is 12.8. The molecule has 1 atom stereocenters. The Balaban J connectivity index is 0.00000190. The second-order valence-electron chi connectivity index (χ2n) is 11.3. The third-order valence-corrected chi connectivity index (χ3v) is 8.94. The van der Waals surface area contributed by atoms with Crippen LogP contribution in [-0.2, 0) is 10.8 Å². The van der Waals surface area contributed by atoms with Crippen LogP contribution >= 0.6 is 11.6 Å². The number of para-hydroxylation sites is 2. The Morgan fingerprint density at radius 2 is 1.49 bits per heavy atom. The lowest BCUT2D eigenvalue weighted by atomic mass is 9.80. The highest BCUT2D eigenvalue weighted by Crippen LogP contribution is 2.47. The Morgan fingerprint density at radius 1 is 0.865 bits per heavy atom. The molecule has 0 spiro atoms. The molecule has 0 N–H and O–H groups in total. The average molecular weight is 581 g/mol. The summed E-state index contributed by atoms with van der Waals surface area (Å²) >= 11 is 7.02. The number of halogens is 2. The lowest BCUT2D eigenvalue weighted by Gasteiger charge is -2.30. The number of nitrogens with zero attached hydrogens (tertiary/aromatic N) is 2. The smallest absolute Gasteiger partial charge is 0.0565 e. The number of hydrogen-bond donors (Lipinski definition) is 0. The standard InChI is InChI=1S/C32H37ClN2.CH4.BrH/c1-31(2)24-14-7-9-16-26(24)34(5)28(31)20-18-22-12-11-13-23(30(22)33)19-21-29-32(3,4)25-15-8-10-17-27(25)35(29)6;;/h7-10,14-21,28H,11-13H2,1-6H3;1H4;1H/p-1. The molecule has 0 amide bonds. The van der Waals surface area contributed by atoms with Crippen LogP contribution in [0.2, 0.25) is 0 Å². The van der Waals surface area contributed by atoms with Crippen LogP contribution in [0, 0.1) is 0 Å². The van der Waals surface area contributed by atoms with Crippen molar-refractivity contribution in [2.24, 2.45) is 0 Å². The van der Waals surface area contributed by atoms with Crippen molar-refractivity contribution in [3.8, 4) is 0 Å². The van der Waals surface area contributed by atoms with E-state index in [4.69, 9.17) is 11.6 Å². The van der Waals surface area contributed by atoms with E-state index >= 15 is 0 Å². The number of fused-ring (bicyclic) bond motifs is 2. The summed E-state index contributed by atoms with van der Waals surface area (Å²) in [6.45, 7) is 9.31. The molecule has 0 saturated carbocycles. The minimum absolute atomic E-state index is 0. The van der Waals surface area contributed by atoms with Crippen LogP contribution in [0.1, 0.15) is 65.5 Å². The van der Waals surface area contributed by atoms with Gasteiger partial charge in [0, 0.05) is 47.0 Å². The van der Waals surface area contributed by atoms with Crippen LogP contribution in [0.5, 0.6) is 0 Å². The molecule has 2 aliphatic heterocycles. The fourth-order valence-corrected chi connectivity index (χ4v) is 6.70. The maximum Gasteiger partial charge on any atom is 0.0565 e. The van der Waals surface area contributed by atoms with Gasteiger partial charge in [0.2, 0.25) is 0 Å². The van der Waals surface area contributed by atoms with Gasteiger partial charge in [0.05, 0.1) is 6.04 Å². The van der Waals surface area contributed by atoms with Gasteiger partial charge in [-0.15, -0.1) is 0 Å². The zero-order valence-electron chi connectivity index (χ0n) is 22.3. The summed E-state index contributed by atoms with van der Waals surface area (Å²) < 4.78 is 0. The first-order chi connectivity index (χ1) is 16.6. The highest BCUT2D eigenvalue weighted by molar-refractivity contribution is 6.32. The van der Waals surface area contributed by atoms with E-state index in [1.165, 1.54) is 39.3 Å². The van der Waals surface area contributed by atoms with Gasteiger partial charge in [0.15, 0.2) is 0 Å². The average Bonchev–Trinajstić information content (AvgIpc) is 3.16. The van der Waals surface area contributed by atoms with E-state index in [0.717, 1.165) is 24.3 Å². The van der Waals surface area contributed by atoms with E-state index in [9.17, 15) is 0 Å². The summed E-state index contributed by atoms with van der Waals surface area (Å²) in [5.74, 6) is 0.